The Hall–Kier alpha value is -1.78. The van der Waals surface area contributed by atoms with Crippen LogP contribution < -0.4 is 0 Å². The van der Waals surface area contributed by atoms with Gasteiger partial charge in [0.05, 0.1) is 0 Å². The number of hydrogen-bond acceptors (Lipinski definition) is 2. The Morgan fingerprint density at radius 1 is 0.778 bits per heavy atom. The Morgan fingerprint density at radius 2 is 1.44 bits per heavy atom. The van der Waals surface area contributed by atoms with Crippen molar-refractivity contribution >= 4 is 0 Å². The average molecular weight is 250 g/mol. The first-order valence-corrected chi connectivity index (χ1v) is 5.46. The minimum Gasteiger partial charge on any atom is -0.385 e. The smallest absolute Gasteiger partial charge is 0.164 e. The van der Waals surface area contributed by atoms with Crippen LogP contribution >= 0.6 is 0 Å². The summed E-state index contributed by atoms with van der Waals surface area (Å²) in [6.07, 6.45) is -2.81. The van der Waals surface area contributed by atoms with Crippen LogP contribution in [0.1, 0.15) is 23.3 Å². The van der Waals surface area contributed by atoms with E-state index >= 15 is 0 Å². The molecule has 0 aliphatic rings. The minimum absolute atomic E-state index is 0.258. The third-order valence-electron chi connectivity index (χ3n) is 2.74. The van der Waals surface area contributed by atoms with Gasteiger partial charge in [-0.2, -0.15) is 0 Å². The highest BCUT2D eigenvalue weighted by Gasteiger charge is 2.24. The van der Waals surface area contributed by atoms with Crippen molar-refractivity contribution in [2.45, 2.75) is 12.2 Å². The number of benzene rings is 2. The number of aliphatic hydroxyl groups is 2. The van der Waals surface area contributed by atoms with Gasteiger partial charge in [0.2, 0.25) is 0 Å². The van der Waals surface area contributed by atoms with Crippen molar-refractivity contribution in [3.63, 3.8) is 0 Å². The van der Waals surface area contributed by atoms with E-state index in [0.717, 1.165) is 6.07 Å². The summed E-state index contributed by atoms with van der Waals surface area (Å²) in [5.41, 5.74) is 0.181. The van der Waals surface area contributed by atoms with Crippen LogP contribution in [0, 0.1) is 11.6 Å². The molecule has 0 amide bonds. The van der Waals surface area contributed by atoms with Crippen LogP contribution in [-0.2, 0) is 0 Å². The molecule has 0 heterocycles. The minimum atomic E-state index is -1.51. The quantitative estimate of drug-likeness (QED) is 0.879. The Balaban J connectivity index is 2.31. The highest BCUT2D eigenvalue weighted by atomic mass is 19.2. The highest BCUT2D eigenvalue weighted by Crippen LogP contribution is 2.30. The van der Waals surface area contributed by atoms with Crippen LogP contribution in [-0.4, -0.2) is 10.2 Å². The summed E-state index contributed by atoms with van der Waals surface area (Å²) in [5, 5.41) is 19.8. The van der Waals surface area contributed by atoms with E-state index in [2.05, 4.69) is 0 Å². The van der Waals surface area contributed by atoms with E-state index < -0.39 is 23.8 Å². The number of halogens is 2. The lowest BCUT2D eigenvalue weighted by Gasteiger charge is -2.19. The molecule has 0 bridgehead atoms. The van der Waals surface area contributed by atoms with Gasteiger partial charge in [0.1, 0.15) is 12.2 Å². The van der Waals surface area contributed by atoms with Gasteiger partial charge in [0.15, 0.2) is 11.6 Å². The maximum atomic E-state index is 13.5. The van der Waals surface area contributed by atoms with Crippen LogP contribution in [0.4, 0.5) is 8.78 Å². The van der Waals surface area contributed by atoms with E-state index in [9.17, 15) is 19.0 Å². The molecule has 0 aromatic heterocycles. The molecule has 0 spiro atoms. The molecule has 2 nitrogen and oxygen atoms in total. The number of aliphatic hydroxyl groups excluding tert-OH is 2. The molecule has 2 atom stereocenters. The maximum absolute atomic E-state index is 13.5. The van der Waals surface area contributed by atoms with Gasteiger partial charge in [0.25, 0.3) is 0 Å². The van der Waals surface area contributed by atoms with Crippen molar-refractivity contribution in [1.29, 1.82) is 0 Å². The predicted octanol–water partition coefficient (Wildman–Crippen LogP) is 2.73. The lowest BCUT2D eigenvalue weighted by Crippen LogP contribution is -2.12. The zero-order chi connectivity index (χ0) is 13.1. The van der Waals surface area contributed by atoms with Gasteiger partial charge in [-0.3, -0.25) is 0 Å². The molecule has 0 saturated heterocycles. The van der Waals surface area contributed by atoms with Gasteiger partial charge in [-0.1, -0.05) is 42.5 Å². The van der Waals surface area contributed by atoms with Crippen molar-refractivity contribution in [3.8, 4) is 0 Å². The summed E-state index contributed by atoms with van der Waals surface area (Å²) in [5.74, 6) is -2.19. The molecule has 0 aliphatic carbocycles. The molecule has 2 rings (SSSR count). The lowest BCUT2D eigenvalue weighted by atomic mass is 9.98. The van der Waals surface area contributed by atoms with Crippen LogP contribution in [0.25, 0.3) is 0 Å². The summed E-state index contributed by atoms with van der Waals surface area (Å²) >= 11 is 0. The summed E-state index contributed by atoms with van der Waals surface area (Å²) in [6, 6.07) is 11.8. The molecule has 94 valence electrons. The van der Waals surface area contributed by atoms with E-state index in [1.807, 2.05) is 0 Å². The van der Waals surface area contributed by atoms with Gasteiger partial charge < -0.3 is 10.2 Å². The SMILES string of the molecule is OC(c1ccccc1)C(O)c1cccc(F)c1F. The third kappa shape index (κ3) is 2.39. The predicted molar refractivity (Wildman–Crippen MR) is 62.7 cm³/mol. The lowest BCUT2D eigenvalue weighted by molar-refractivity contribution is 0.0147. The summed E-state index contributed by atoms with van der Waals surface area (Å²) in [4.78, 5) is 0. The zero-order valence-electron chi connectivity index (χ0n) is 9.42. The number of hydrogen-bond donors (Lipinski definition) is 2. The molecular weight excluding hydrogens is 238 g/mol. The molecule has 0 saturated carbocycles. The van der Waals surface area contributed by atoms with E-state index in [4.69, 9.17) is 0 Å². The second-order valence-electron chi connectivity index (χ2n) is 3.94. The standard InChI is InChI=1S/C14H12F2O2/c15-11-8-4-7-10(12(11)16)14(18)13(17)9-5-2-1-3-6-9/h1-8,13-14,17-18H. The zero-order valence-corrected chi connectivity index (χ0v) is 9.42. The fourth-order valence-electron chi connectivity index (χ4n) is 1.75. The molecule has 18 heavy (non-hydrogen) atoms. The topological polar surface area (TPSA) is 40.5 Å². The molecule has 2 unspecified atom stereocenters. The van der Waals surface area contributed by atoms with Crippen molar-refractivity contribution in [1.82, 2.24) is 0 Å². The summed E-state index contributed by atoms with van der Waals surface area (Å²) in [6.45, 7) is 0. The van der Waals surface area contributed by atoms with Gasteiger partial charge in [-0.05, 0) is 11.6 Å². The average Bonchev–Trinajstić information content (AvgIpc) is 2.41. The Bertz CT molecular complexity index is 529. The Kier molecular flexibility index (Phi) is 3.69. The first kappa shape index (κ1) is 12.7. The maximum Gasteiger partial charge on any atom is 0.164 e. The van der Waals surface area contributed by atoms with E-state index in [0.29, 0.717) is 5.56 Å². The summed E-state index contributed by atoms with van der Waals surface area (Å²) in [7, 11) is 0. The first-order chi connectivity index (χ1) is 8.61. The van der Waals surface area contributed by atoms with Crippen molar-refractivity contribution in [2.24, 2.45) is 0 Å². The Labute approximate surface area is 103 Å². The van der Waals surface area contributed by atoms with E-state index in [-0.39, 0.29) is 5.56 Å². The largest absolute Gasteiger partial charge is 0.385 e. The molecule has 0 fully saturated rings. The third-order valence-corrected chi connectivity index (χ3v) is 2.74. The molecule has 0 radical (unpaired) electrons. The second kappa shape index (κ2) is 5.25. The fourth-order valence-corrected chi connectivity index (χ4v) is 1.75. The highest BCUT2D eigenvalue weighted by molar-refractivity contribution is 5.26. The molecular formula is C14H12F2O2. The van der Waals surface area contributed by atoms with Crippen molar-refractivity contribution in [2.75, 3.05) is 0 Å². The van der Waals surface area contributed by atoms with Crippen molar-refractivity contribution in [3.05, 3.63) is 71.3 Å². The molecule has 2 aromatic rings. The molecule has 4 heteroatoms. The van der Waals surface area contributed by atoms with Gasteiger partial charge in [-0.15, -0.1) is 0 Å². The summed E-state index contributed by atoms with van der Waals surface area (Å²) < 4.78 is 26.5. The second-order valence-corrected chi connectivity index (χ2v) is 3.94. The monoisotopic (exact) mass is 250 g/mol. The van der Waals surface area contributed by atoms with Gasteiger partial charge >= 0.3 is 0 Å². The van der Waals surface area contributed by atoms with Crippen molar-refractivity contribution < 1.29 is 19.0 Å². The van der Waals surface area contributed by atoms with E-state index in [1.165, 1.54) is 12.1 Å². The van der Waals surface area contributed by atoms with Crippen LogP contribution in [0.3, 0.4) is 0 Å². The normalized spacial score (nSPS) is 14.2. The molecule has 0 aliphatic heterocycles. The Morgan fingerprint density at radius 3 is 2.11 bits per heavy atom. The number of rotatable bonds is 3. The van der Waals surface area contributed by atoms with Crippen LogP contribution in [0.15, 0.2) is 48.5 Å². The van der Waals surface area contributed by atoms with Crippen LogP contribution in [0.5, 0.6) is 0 Å². The fraction of sp³-hybridized carbons (Fsp3) is 0.143. The first-order valence-electron chi connectivity index (χ1n) is 5.46. The van der Waals surface area contributed by atoms with Gasteiger partial charge in [-0.25, -0.2) is 8.78 Å². The van der Waals surface area contributed by atoms with Gasteiger partial charge in [0, 0.05) is 5.56 Å². The van der Waals surface area contributed by atoms with E-state index in [1.54, 1.807) is 30.3 Å². The molecule has 2 N–H and O–H groups in total. The molecule has 2 aromatic carbocycles. The van der Waals surface area contributed by atoms with Crippen LogP contribution in [0.2, 0.25) is 0 Å².